The van der Waals surface area contributed by atoms with Gasteiger partial charge in [0.2, 0.25) is 5.78 Å². The summed E-state index contributed by atoms with van der Waals surface area (Å²) < 4.78 is 0. The van der Waals surface area contributed by atoms with E-state index in [4.69, 9.17) is 23.2 Å². The van der Waals surface area contributed by atoms with E-state index in [-0.39, 0.29) is 15.6 Å². The summed E-state index contributed by atoms with van der Waals surface area (Å²) in [5.74, 6) is -3.16. The van der Waals surface area contributed by atoms with Crippen LogP contribution in [0.3, 0.4) is 0 Å². The van der Waals surface area contributed by atoms with E-state index >= 15 is 0 Å². The molecule has 0 radical (unpaired) electrons. The van der Waals surface area contributed by atoms with Crippen LogP contribution in [0.4, 0.5) is 5.69 Å². The first-order valence-corrected chi connectivity index (χ1v) is 7.45. The number of ketones is 1. The summed E-state index contributed by atoms with van der Waals surface area (Å²) in [5.41, 5.74) is 1.45. The fourth-order valence-electron chi connectivity index (χ4n) is 2.07. The molecule has 1 atom stereocenters. The highest BCUT2D eigenvalue weighted by molar-refractivity contribution is 6.44. The average molecular weight is 347 g/mol. The van der Waals surface area contributed by atoms with Gasteiger partial charge in [-0.1, -0.05) is 47.5 Å². The number of carbonyl (C=O) groups is 2. The second-order valence-electron chi connectivity index (χ2n) is 4.83. The van der Waals surface area contributed by atoms with E-state index < -0.39 is 17.6 Å². The van der Waals surface area contributed by atoms with Crippen molar-refractivity contribution in [3.8, 4) is 6.07 Å². The molecule has 0 fully saturated rings. The summed E-state index contributed by atoms with van der Waals surface area (Å²) in [4.78, 5) is 24.5. The van der Waals surface area contributed by atoms with E-state index in [1.54, 1.807) is 37.3 Å². The van der Waals surface area contributed by atoms with Crippen LogP contribution >= 0.6 is 23.2 Å². The third kappa shape index (κ3) is 3.70. The highest BCUT2D eigenvalue weighted by Crippen LogP contribution is 2.32. The Hall–Kier alpha value is -2.35. The molecule has 1 N–H and O–H groups in total. The van der Waals surface area contributed by atoms with Gasteiger partial charge in [-0.15, -0.1) is 0 Å². The van der Waals surface area contributed by atoms with Crippen LogP contribution in [0.2, 0.25) is 10.0 Å². The van der Waals surface area contributed by atoms with E-state index in [1.807, 2.05) is 6.07 Å². The van der Waals surface area contributed by atoms with Crippen molar-refractivity contribution in [3.63, 3.8) is 0 Å². The van der Waals surface area contributed by atoms with Crippen molar-refractivity contribution in [2.24, 2.45) is 0 Å². The summed E-state index contributed by atoms with van der Waals surface area (Å²) in [5, 5.41) is 12.1. The van der Waals surface area contributed by atoms with Crippen molar-refractivity contribution in [1.29, 1.82) is 5.26 Å². The molecule has 0 spiro atoms. The maximum absolute atomic E-state index is 12.3. The van der Waals surface area contributed by atoms with Crippen LogP contribution in [-0.2, 0) is 9.59 Å². The number of nitrogens with zero attached hydrogens (tertiary/aromatic N) is 1. The van der Waals surface area contributed by atoms with Crippen molar-refractivity contribution >= 4 is 40.6 Å². The number of Topliss-reactive ketones (excluding diaryl/α,β-unsaturated/α-hetero) is 1. The number of carbonyl (C=O) groups excluding carboxylic acids is 2. The number of nitrogens with one attached hydrogen (secondary N) is 1. The zero-order chi connectivity index (χ0) is 17.0. The molecule has 0 saturated heterocycles. The third-order valence-corrected chi connectivity index (χ3v) is 3.96. The Morgan fingerprint density at radius 3 is 2.26 bits per heavy atom. The fourth-order valence-corrected chi connectivity index (χ4v) is 2.68. The van der Waals surface area contributed by atoms with Crippen LogP contribution in [0.15, 0.2) is 42.5 Å². The molecule has 23 heavy (non-hydrogen) atoms. The first-order valence-electron chi connectivity index (χ1n) is 6.70. The number of hydrogen-bond acceptors (Lipinski definition) is 3. The van der Waals surface area contributed by atoms with Gasteiger partial charge in [-0.25, -0.2) is 0 Å². The average Bonchev–Trinajstić information content (AvgIpc) is 2.52. The first kappa shape index (κ1) is 17.0. The lowest BCUT2D eigenvalue weighted by molar-refractivity contribution is -0.135. The van der Waals surface area contributed by atoms with Gasteiger partial charge in [-0.05, 0) is 30.7 Å². The minimum Gasteiger partial charge on any atom is -0.319 e. The zero-order valence-corrected chi connectivity index (χ0v) is 13.7. The number of aryl methyl sites for hydroxylation is 1. The number of para-hydroxylation sites is 1. The van der Waals surface area contributed by atoms with Crippen molar-refractivity contribution in [2.75, 3.05) is 5.32 Å². The molecule has 0 aromatic heterocycles. The lowest BCUT2D eigenvalue weighted by Gasteiger charge is -2.13. The van der Waals surface area contributed by atoms with Gasteiger partial charge in [0.25, 0.3) is 5.91 Å². The number of nitriles is 1. The summed E-state index contributed by atoms with van der Waals surface area (Å²) in [6, 6.07) is 13.4. The number of anilines is 1. The van der Waals surface area contributed by atoms with Crippen LogP contribution in [0, 0.1) is 18.3 Å². The SMILES string of the molecule is Cc1ccccc1NC(=O)C(=O)C(C#N)c1c(Cl)cccc1Cl. The molecule has 4 nitrogen and oxygen atoms in total. The maximum atomic E-state index is 12.3. The van der Waals surface area contributed by atoms with Crippen molar-refractivity contribution in [2.45, 2.75) is 12.8 Å². The summed E-state index contributed by atoms with van der Waals surface area (Å²) in [6.07, 6.45) is 0. The lowest BCUT2D eigenvalue weighted by Crippen LogP contribution is -2.28. The largest absolute Gasteiger partial charge is 0.319 e. The zero-order valence-electron chi connectivity index (χ0n) is 12.1. The molecule has 116 valence electrons. The molecule has 1 unspecified atom stereocenters. The molecule has 0 heterocycles. The van der Waals surface area contributed by atoms with Gasteiger partial charge in [0.05, 0.1) is 6.07 Å². The summed E-state index contributed by atoms with van der Waals surface area (Å²) >= 11 is 12.0. The number of halogens is 2. The van der Waals surface area contributed by atoms with Gasteiger partial charge >= 0.3 is 0 Å². The predicted octanol–water partition coefficient (Wildman–Crippen LogP) is 4.12. The summed E-state index contributed by atoms with van der Waals surface area (Å²) in [7, 11) is 0. The Kier molecular flexibility index (Phi) is 5.38. The topological polar surface area (TPSA) is 70.0 Å². The van der Waals surface area contributed by atoms with Gasteiger partial charge in [0.1, 0.15) is 5.92 Å². The smallest absolute Gasteiger partial charge is 0.293 e. The molecule has 6 heteroatoms. The normalized spacial score (nSPS) is 11.4. The molecule has 2 rings (SSSR count). The second kappa shape index (κ2) is 7.28. The molecule has 1 amide bonds. The van der Waals surface area contributed by atoms with E-state index in [0.29, 0.717) is 5.69 Å². The van der Waals surface area contributed by atoms with Crippen molar-refractivity contribution in [3.05, 3.63) is 63.6 Å². The highest BCUT2D eigenvalue weighted by atomic mass is 35.5. The van der Waals surface area contributed by atoms with Crippen molar-refractivity contribution in [1.82, 2.24) is 0 Å². The Bertz CT molecular complexity index is 792. The molecule has 0 aliphatic carbocycles. The van der Waals surface area contributed by atoms with E-state index in [9.17, 15) is 14.9 Å². The Balaban J connectivity index is 2.29. The number of amides is 1. The first-order chi connectivity index (χ1) is 11.0. The molecule has 2 aromatic carbocycles. The van der Waals surface area contributed by atoms with Crippen LogP contribution in [-0.4, -0.2) is 11.7 Å². The summed E-state index contributed by atoms with van der Waals surface area (Å²) in [6.45, 7) is 1.80. The molecule has 0 saturated carbocycles. The van der Waals surface area contributed by atoms with Gasteiger partial charge in [-0.2, -0.15) is 5.26 Å². The minimum atomic E-state index is -1.36. The molecule has 0 bridgehead atoms. The van der Waals surface area contributed by atoms with Gasteiger partial charge in [0, 0.05) is 21.3 Å². The Labute approximate surface area is 143 Å². The van der Waals surface area contributed by atoms with Crippen LogP contribution in [0.5, 0.6) is 0 Å². The molecule has 2 aromatic rings. The van der Waals surface area contributed by atoms with Crippen LogP contribution in [0.25, 0.3) is 0 Å². The molecular weight excluding hydrogens is 335 g/mol. The number of benzene rings is 2. The minimum absolute atomic E-state index is 0.142. The number of rotatable bonds is 4. The Morgan fingerprint density at radius 2 is 1.70 bits per heavy atom. The Morgan fingerprint density at radius 1 is 1.09 bits per heavy atom. The monoisotopic (exact) mass is 346 g/mol. The van der Waals surface area contributed by atoms with E-state index in [1.165, 1.54) is 12.1 Å². The van der Waals surface area contributed by atoms with E-state index in [0.717, 1.165) is 5.56 Å². The highest BCUT2D eigenvalue weighted by Gasteiger charge is 2.30. The van der Waals surface area contributed by atoms with Gasteiger partial charge < -0.3 is 5.32 Å². The van der Waals surface area contributed by atoms with Gasteiger partial charge in [0.15, 0.2) is 0 Å². The van der Waals surface area contributed by atoms with E-state index in [2.05, 4.69) is 5.32 Å². The quantitative estimate of drug-likeness (QED) is 0.846. The van der Waals surface area contributed by atoms with Crippen LogP contribution in [0.1, 0.15) is 17.0 Å². The van der Waals surface area contributed by atoms with Crippen molar-refractivity contribution < 1.29 is 9.59 Å². The number of hydrogen-bond donors (Lipinski definition) is 1. The maximum Gasteiger partial charge on any atom is 0.293 e. The second-order valence-corrected chi connectivity index (χ2v) is 5.65. The molecule has 0 aliphatic rings. The molecule has 0 aliphatic heterocycles. The van der Waals surface area contributed by atoms with Crippen LogP contribution < -0.4 is 5.32 Å². The van der Waals surface area contributed by atoms with Gasteiger partial charge in [-0.3, -0.25) is 9.59 Å². The molecular formula is C17H12Cl2N2O2. The lowest BCUT2D eigenvalue weighted by atomic mass is 9.95. The third-order valence-electron chi connectivity index (χ3n) is 3.30. The standard InChI is InChI=1S/C17H12Cl2N2O2/c1-10-5-2-3-8-14(10)21-17(23)16(22)11(9-20)15-12(18)6-4-7-13(15)19/h2-8,11H,1H3,(H,21,23). The fraction of sp³-hybridized carbons (Fsp3) is 0.118. The predicted molar refractivity (Wildman–Crippen MR) is 89.6 cm³/mol.